The Morgan fingerprint density at radius 1 is 1.27 bits per heavy atom. The van der Waals surface area contributed by atoms with Crippen molar-refractivity contribution < 1.29 is 17.9 Å². The molecule has 1 fully saturated rings. The number of alkyl halides is 3. The Labute approximate surface area is 200 Å². The summed E-state index contributed by atoms with van der Waals surface area (Å²) < 4.78 is 46.6. The van der Waals surface area contributed by atoms with Crippen molar-refractivity contribution in [2.75, 3.05) is 20.2 Å². The average Bonchev–Trinajstić information content (AvgIpc) is 3.31. The first-order valence-electron chi connectivity index (χ1n) is 11.9. The van der Waals surface area contributed by atoms with Crippen LogP contribution in [0.2, 0.25) is 0 Å². The Balaban J connectivity index is 1.85. The van der Waals surface area contributed by atoms with Crippen LogP contribution in [-0.4, -0.2) is 25.1 Å². The van der Waals surface area contributed by atoms with E-state index >= 15 is 0 Å². The summed E-state index contributed by atoms with van der Waals surface area (Å²) in [5.41, 5.74) is 1.22. The molecule has 0 radical (unpaired) electrons. The van der Waals surface area contributed by atoms with E-state index in [-0.39, 0.29) is 5.92 Å². The van der Waals surface area contributed by atoms with Crippen LogP contribution >= 0.6 is 11.3 Å². The van der Waals surface area contributed by atoms with Crippen molar-refractivity contribution in [3.05, 3.63) is 69.7 Å². The molecular weight excluding hydrogens is 443 g/mol. The minimum atomic E-state index is -4.34. The van der Waals surface area contributed by atoms with E-state index in [2.05, 4.69) is 37.9 Å². The molecule has 33 heavy (non-hydrogen) atoms. The molecule has 182 valence electrons. The van der Waals surface area contributed by atoms with E-state index in [0.29, 0.717) is 30.2 Å². The predicted octanol–water partition coefficient (Wildman–Crippen LogP) is 8.21. The number of halogens is 3. The lowest BCUT2D eigenvalue weighted by atomic mass is 9.66. The first kappa shape index (κ1) is 25.7. The van der Waals surface area contributed by atoms with Crippen molar-refractivity contribution in [1.29, 1.82) is 0 Å². The van der Waals surface area contributed by atoms with Gasteiger partial charge in [-0.3, -0.25) is 0 Å². The lowest BCUT2D eigenvalue weighted by Gasteiger charge is -2.40. The zero-order valence-electron chi connectivity index (χ0n) is 20.1. The monoisotopic (exact) mass is 479 g/mol. The molecule has 0 N–H and O–H groups in total. The number of benzene rings is 1. The molecule has 1 aliphatic carbocycles. The summed E-state index contributed by atoms with van der Waals surface area (Å²) in [7, 11) is 1.97. The lowest BCUT2D eigenvalue weighted by Crippen LogP contribution is -2.30. The molecular formula is C27H36F3NOS. The molecule has 4 atom stereocenters. The van der Waals surface area contributed by atoms with Gasteiger partial charge in [0, 0.05) is 18.5 Å². The van der Waals surface area contributed by atoms with Crippen molar-refractivity contribution in [3.63, 3.8) is 0 Å². The molecule has 0 bridgehead atoms. The Bertz CT molecular complexity index is 909. The minimum absolute atomic E-state index is 0.0633. The van der Waals surface area contributed by atoms with Gasteiger partial charge in [-0.15, -0.1) is 11.3 Å². The van der Waals surface area contributed by atoms with Gasteiger partial charge in [-0.1, -0.05) is 26.0 Å². The smallest absolute Gasteiger partial charge is 0.416 e. The van der Waals surface area contributed by atoms with E-state index in [0.717, 1.165) is 43.4 Å². The van der Waals surface area contributed by atoms with Crippen molar-refractivity contribution >= 4 is 11.3 Å². The number of aryl methyl sites for hydroxylation is 1. The predicted molar refractivity (Wildman–Crippen MR) is 131 cm³/mol. The van der Waals surface area contributed by atoms with Crippen LogP contribution in [0, 0.1) is 18.8 Å². The second-order valence-corrected chi connectivity index (χ2v) is 10.4. The molecule has 2 aromatic rings. The third kappa shape index (κ3) is 6.34. The van der Waals surface area contributed by atoms with Crippen LogP contribution in [0.1, 0.15) is 72.9 Å². The van der Waals surface area contributed by atoms with Gasteiger partial charge in [0.15, 0.2) is 5.88 Å². The summed E-state index contributed by atoms with van der Waals surface area (Å²) in [6.45, 7) is 11.8. The summed E-state index contributed by atoms with van der Waals surface area (Å²) in [4.78, 5) is 3.32. The second-order valence-electron chi connectivity index (χ2n) is 9.45. The first-order valence-corrected chi connectivity index (χ1v) is 12.7. The van der Waals surface area contributed by atoms with E-state index < -0.39 is 11.7 Å². The molecule has 1 saturated carbocycles. The fraction of sp³-hybridized carbons (Fsp3) is 0.556. The van der Waals surface area contributed by atoms with Gasteiger partial charge in [-0.05, 0) is 97.6 Å². The van der Waals surface area contributed by atoms with Crippen LogP contribution in [0.3, 0.4) is 0 Å². The Morgan fingerprint density at radius 3 is 2.67 bits per heavy atom. The van der Waals surface area contributed by atoms with E-state index in [1.54, 1.807) is 17.4 Å². The van der Waals surface area contributed by atoms with E-state index in [9.17, 15) is 13.2 Å². The third-order valence-electron chi connectivity index (χ3n) is 7.12. The van der Waals surface area contributed by atoms with Crippen molar-refractivity contribution in [1.82, 2.24) is 4.90 Å². The van der Waals surface area contributed by atoms with Crippen molar-refractivity contribution in [2.45, 2.75) is 64.5 Å². The molecule has 1 aliphatic rings. The van der Waals surface area contributed by atoms with Crippen molar-refractivity contribution in [3.8, 4) is 0 Å². The Hall–Kier alpha value is -1.95. The first-order chi connectivity index (χ1) is 15.6. The highest BCUT2D eigenvalue weighted by molar-refractivity contribution is 7.10. The second kappa shape index (κ2) is 11.0. The third-order valence-corrected chi connectivity index (χ3v) is 8.20. The van der Waals surface area contributed by atoms with Gasteiger partial charge in [0.1, 0.15) is 0 Å². The minimum Gasteiger partial charge on any atom is -0.479 e. The number of ether oxygens (including phenoxy) is 1. The molecule has 1 aromatic heterocycles. The van der Waals surface area contributed by atoms with Gasteiger partial charge in [0.2, 0.25) is 0 Å². The molecule has 1 heterocycles. The van der Waals surface area contributed by atoms with E-state index in [4.69, 9.17) is 4.74 Å². The number of hydrogen-bond acceptors (Lipinski definition) is 3. The molecule has 6 heteroatoms. The summed E-state index contributed by atoms with van der Waals surface area (Å²) in [5.74, 6) is 1.62. The van der Waals surface area contributed by atoms with Gasteiger partial charge >= 0.3 is 6.18 Å². The SMILES string of the molecule is C=C(OCC1CCC(C(C)c2cccs2)C(c2cc(C(F)(F)F)ccc2C)C1)N(C)CCC. The number of nitrogens with zero attached hydrogens (tertiary/aromatic N) is 1. The highest BCUT2D eigenvalue weighted by atomic mass is 32.1. The molecule has 3 rings (SSSR count). The summed E-state index contributed by atoms with van der Waals surface area (Å²) in [6.07, 6.45) is -0.505. The molecule has 2 nitrogen and oxygen atoms in total. The zero-order chi connectivity index (χ0) is 24.2. The van der Waals surface area contributed by atoms with Gasteiger partial charge in [0.05, 0.1) is 12.2 Å². The van der Waals surface area contributed by atoms with Crippen LogP contribution < -0.4 is 0 Å². The van der Waals surface area contributed by atoms with Crippen LogP contribution in [0.5, 0.6) is 0 Å². The highest BCUT2D eigenvalue weighted by Gasteiger charge is 2.38. The molecule has 4 unspecified atom stereocenters. The van der Waals surface area contributed by atoms with Gasteiger partial charge in [-0.25, -0.2) is 0 Å². The van der Waals surface area contributed by atoms with Gasteiger partial charge < -0.3 is 9.64 Å². The Morgan fingerprint density at radius 2 is 2.03 bits per heavy atom. The largest absolute Gasteiger partial charge is 0.479 e. The lowest BCUT2D eigenvalue weighted by molar-refractivity contribution is -0.137. The number of hydrogen-bond donors (Lipinski definition) is 0. The molecule has 0 saturated heterocycles. The van der Waals surface area contributed by atoms with E-state index in [1.165, 1.54) is 17.0 Å². The summed E-state index contributed by atoms with van der Waals surface area (Å²) in [5, 5.41) is 2.08. The van der Waals surface area contributed by atoms with Gasteiger partial charge in [-0.2, -0.15) is 13.2 Å². The molecule has 0 aliphatic heterocycles. The number of rotatable bonds is 9. The maximum atomic E-state index is 13.5. The molecule has 0 amide bonds. The Kier molecular flexibility index (Phi) is 8.54. The molecule has 1 aromatic carbocycles. The standard InChI is InChI=1S/C27H36F3NOS/c1-6-13-31(5)20(4)32-17-21-10-12-23(19(3)26-8-7-14-33-26)25(15-21)24-16-22(27(28,29)30)11-9-18(24)2/h7-9,11,14,16,19,21,23,25H,4,6,10,12-13,15,17H2,1-3,5H3. The fourth-order valence-corrected chi connectivity index (χ4v) is 6.01. The van der Waals surface area contributed by atoms with Gasteiger partial charge in [0.25, 0.3) is 0 Å². The topological polar surface area (TPSA) is 12.5 Å². The summed E-state index contributed by atoms with van der Waals surface area (Å²) >= 11 is 1.73. The highest BCUT2D eigenvalue weighted by Crippen LogP contribution is 2.49. The molecule has 0 spiro atoms. The van der Waals surface area contributed by atoms with Crippen LogP contribution in [0.25, 0.3) is 0 Å². The van der Waals surface area contributed by atoms with Crippen molar-refractivity contribution in [2.24, 2.45) is 11.8 Å². The van der Waals surface area contributed by atoms with Crippen LogP contribution in [0.4, 0.5) is 13.2 Å². The number of thiophene rings is 1. The maximum Gasteiger partial charge on any atom is 0.416 e. The maximum absolute atomic E-state index is 13.5. The summed E-state index contributed by atoms with van der Waals surface area (Å²) in [6, 6.07) is 8.43. The van der Waals surface area contributed by atoms with Crippen LogP contribution in [-0.2, 0) is 10.9 Å². The normalized spacial score (nSPS) is 22.1. The fourth-order valence-electron chi connectivity index (χ4n) is 5.15. The zero-order valence-corrected chi connectivity index (χ0v) is 20.9. The van der Waals surface area contributed by atoms with E-state index in [1.807, 2.05) is 18.9 Å². The van der Waals surface area contributed by atoms with Crippen LogP contribution in [0.15, 0.2) is 48.2 Å². The quantitative estimate of drug-likeness (QED) is 0.336. The average molecular weight is 480 g/mol.